The highest BCUT2D eigenvalue weighted by atomic mass is 19.4. The van der Waals surface area contributed by atoms with Crippen LogP contribution in [0.15, 0.2) is 0 Å². The van der Waals surface area contributed by atoms with Gasteiger partial charge < -0.3 is 16.0 Å². The number of rotatable bonds is 4. The van der Waals surface area contributed by atoms with Gasteiger partial charge in [0, 0.05) is 12.6 Å². The van der Waals surface area contributed by atoms with Crippen LogP contribution in [0.25, 0.3) is 0 Å². The third kappa shape index (κ3) is 4.91. The van der Waals surface area contributed by atoms with Gasteiger partial charge >= 0.3 is 6.18 Å². The molecule has 0 spiro atoms. The normalized spacial score (nSPS) is 20.5. The number of amides is 2. The van der Waals surface area contributed by atoms with E-state index in [-0.39, 0.29) is 0 Å². The van der Waals surface area contributed by atoms with E-state index in [1.165, 1.54) is 0 Å². The number of primary amides is 1. The van der Waals surface area contributed by atoms with E-state index in [1.54, 1.807) is 0 Å². The minimum absolute atomic E-state index is 0.386. The molecule has 0 aromatic carbocycles. The molecular weight excluding hydrogens is 251 g/mol. The molecule has 2 amide bonds. The Balaban J connectivity index is 2.70. The van der Waals surface area contributed by atoms with E-state index in [1.807, 2.05) is 0 Å². The van der Waals surface area contributed by atoms with Crippen molar-refractivity contribution in [3.63, 3.8) is 0 Å². The van der Waals surface area contributed by atoms with Crippen LogP contribution >= 0.6 is 0 Å². The molecule has 1 aliphatic rings. The maximum atomic E-state index is 12.2. The number of nitrogens with one attached hydrogen (secondary N) is 1. The van der Waals surface area contributed by atoms with Crippen LogP contribution in [-0.4, -0.2) is 48.6 Å². The van der Waals surface area contributed by atoms with Gasteiger partial charge in [-0.1, -0.05) is 0 Å². The molecule has 3 N–H and O–H groups in total. The van der Waals surface area contributed by atoms with Gasteiger partial charge in [0.1, 0.15) is 6.42 Å². The molecule has 1 rings (SSSR count). The Morgan fingerprint density at radius 3 is 2.50 bits per heavy atom. The molecule has 0 aromatic heterocycles. The van der Waals surface area contributed by atoms with Crippen molar-refractivity contribution < 1.29 is 22.8 Å². The second-order valence-electron chi connectivity index (χ2n) is 4.28. The van der Waals surface area contributed by atoms with Gasteiger partial charge in [-0.15, -0.1) is 0 Å². The van der Waals surface area contributed by atoms with Crippen LogP contribution in [-0.2, 0) is 9.59 Å². The van der Waals surface area contributed by atoms with Crippen molar-refractivity contribution in [2.24, 2.45) is 5.73 Å². The smallest absolute Gasteiger partial charge is 0.368 e. The zero-order valence-corrected chi connectivity index (χ0v) is 9.79. The summed E-state index contributed by atoms with van der Waals surface area (Å²) in [5, 5.41) is 2.98. The predicted octanol–water partition coefficient (Wildman–Crippen LogP) is 0.00470. The quantitative estimate of drug-likeness (QED) is 0.753. The number of alkyl halides is 3. The van der Waals surface area contributed by atoms with Crippen molar-refractivity contribution in [3.8, 4) is 0 Å². The van der Waals surface area contributed by atoms with Gasteiger partial charge in [-0.25, -0.2) is 0 Å². The fourth-order valence-corrected chi connectivity index (χ4v) is 1.96. The molecule has 1 aliphatic heterocycles. The lowest BCUT2D eigenvalue weighted by Crippen LogP contribution is -2.52. The van der Waals surface area contributed by atoms with Crippen LogP contribution in [0.2, 0.25) is 0 Å². The SMILES string of the molecule is NC(=O)CN(C(=O)CC(F)(F)F)C1CCCNC1. The summed E-state index contributed by atoms with van der Waals surface area (Å²) in [5.41, 5.74) is 4.97. The van der Waals surface area contributed by atoms with Gasteiger partial charge in [0.2, 0.25) is 11.8 Å². The van der Waals surface area contributed by atoms with Gasteiger partial charge in [-0.3, -0.25) is 9.59 Å². The number of nitrogens with two attached hydrogens (primary N) is 1. The Bertz CT molecular complexity index is 314. The number of hydrogen-bond donors (Lipinski definition) is 2. The number of nitrogens with zero attached hydrogens (tertiary/aromatic N) is 1. The number of carbonyl (C=O) groups is 2. The highest BCUT2D eigenvalue weighted by molar-refractivity contribution is 5.84. The van der Waals surface area contributed by atoms with Gasteiger partial charge in [-0.05, 0) is 19.4 Å². The standard InChI is InChI=1S/C10H16F3N3O2/c11-10(12,13)4-9(18)16(6-8(14)17)7-2-1-3-15-5-7/h7,15H,1-6H2,(H2,14,17). The number of hydrogen-bond acceptors (Lipinski definition) is 3. The Morgan fingerprint density at radius 1 is 1.39 bits per heavy atom. The summed E-state index contributed by atoms with van der Waals surface area (Å²) in [6.45, 7) is 0.673. The average Bonchev–Trinajstić information content (AvgIpc) is 2.24. The first-order chi connectivity index (χ1) is 8.29. The van der Waals surface area contributed by atoms with E-state index in [0.717, 1.165) is 17.9 Å². The fraction of sp³-hybridized carbons (Fsp3) is 0.800. The highest BCUT2D eigenvalue weighted by Gasteiger charge is 2.36. The molecule has 1 heterocycles. The largest absolute Gasteiger partial charge is 0.397 e. The van der Waals surface area contributed by atoms with Crippen LogP contribution in [0, 0.1) is 0 Å². The van der Waals surface area contributed by atoms with Gasteiger partial charge in [0.15, 0.2) is 0 Å². The van der Waals surface area contributed by atoms with E-state index < -0.39 is 37.0 Å². The lowest BCUT2D eigenvalue weighted by molar-refractivity contribution is -0.164. The fourth-order valence-electron chi connectivity index (χ4n) is 1.96. The van der Waals surface area contributed by atoms with E-state index in [4.69, 9.17) is 5.73 Å². The highest BCUT2D eigenvalue weighted by Crippen LogP contribution is 2.22. The van der Waals surface area contributed by atoms with E-state index in [0.29, 0.717) is 13.0 Å². The first kappa shape index (κ1) is 14.7. The van der Waals surface area contributed by atoms with Crippen LogP contribution in [0.1, 0.15) is 19.3 Å². The number of carbonyl (C=O) groups excluding carboxylic acids is 2. The minimum Gasteiger partial charge on any atom is -0.368 e. The molecule has 0 saturated carbocycles. The third-order valence-electron chi connectivity index (χ3n) is 2.71. The summed E-state index contributed by atoms with van der Waals surface area (Å²) in [5.74, 6) is -1.91. The minimum atomic E-state index is -4.57. The van der Waals surface area contributed by atoms with Crippen molar-refractivity contribution >= 4 is 11.8 Å². The van der Waals surface area contributed by atoms with Crippen LogP contribution in [0.4, 0.5) is 13.2 Å². The van der Waals surface area contributed by atoms with E-state index >= 15 is 0 Å². The predicted molar refractivity (Wildman–Crippen MR) is 57.5 cm³/mol. The second-order valence-corrected chi connectivity index (χ2v) is 4.28. The lowest BCUT2D eigenvalue weighted by atomic mass is 10.1. The molecule has 5 nitrogen and oxygen atoms in total. The molecule has 0 bridgehead atoms. The molecule has 1 atom stereocenters. The van der Waals surface area contributed by atoms with Gasteiger partial charge in [0.25, 0.3) is 0 Å². The summed E-state index contributed by atoms with van der Waals surface area (Å²) < 4.78 is 36.6. The zero-order valence-electron chi connectivity index (χ0n) is 9.79. The molecular formula is C10H16F3N3O2. The van der Waals surface area contributed by atoms with E-state index in [9.17, 15) is 22.8 Å². The van der Waals surface area contributed by atoms with Crippen molar-refractivity contribution in [1.82, 2.24) is 10.2 Å². The summed E-state index contributed by atoms with van der Waals surface area (Å²) in [6, 6.07) is -0.402. The van der Waals surface area contributed by atoms with Crippen molar-refractivity contribution in [1.29, 1.82) is 0 Å². The van der Waals surface area contributed by atoms with Gasteiger partial charge in [0.05, 0.1) is 6.54 Å². The Hall–Kier alpha value is -1.31. The second kappa shape index (κ2) is 6.03. The molecule has 18 heavy (non-hydrogen) atoms. The number of halogens is 3. The van der Waals surface area contributed by atoms with Crippen LogP contribution in [0.3, 0.4) is 0 Å². The zero-order chi connectivity index (χ0) is 13.8. The summed E-state index contributed by atoms with van der Waals surface area (Å²) >= 11 is 0. The first-order valence-electron chi connectivity index (χ1n) is 5.65. The summed E-state index contributed by atoms with van der Waals surface area (Å²) in [4.78, 5) is 23.3. The van der Waals surface area contributed by atoms with E-state index in [2.05, 4.69) is 5.32 Å². The molecule has 8 heteroatoms. The Kier molecular flexibility index (Phi) is 4.94. The Morgan fingerprint density at radius 2 is 2.06 bits per heavy atom. The number of piperidine rings is 1. The van der Waals surface area contributed by atoms with Crippen molar-refractivity contribution in [3.05, 3.63) is 0 Å². The molecule has 0 aliphatic carbocycles. The lowest BCUT2D eigenvalue weighted by Gasteiger charge is -2.34. The molecule has 1 fully saturated rings. The van der Waals surface area contributed by atoms with Crippen molar-refractivity contribution in [2.45, 2.75) is 31.5 Å². The topological polar surface area (TPSA) is 75.4 Å². The first-order valence-corrected chi connectivity index (χ1v) is 5.65. The van der Waals surface area contributed by atoms with Crippen LogP contribution in [0.5, 0.6) is 0 Å². The third-order valence-corrected chi connectivity index (χ3v) is 2.71. The summed E-state index contributed by atoms with van der Waals surface area (Å²) in [6.07, 6.45) is -4.81. The van der Waals surface area contributed by atoms with Crippen molar-refractivity contribution in [2.75, 3.05) is 19.6 Å². The van der Waals surface area contributed by atoms with Gasteiger partial charge in [-0.2, -0.15) is 13.2 Å². The molecule has 1 unspecified atom stereocenters. The monoisotopic (exact) mass is 267 g/mol. The molecule has 104 valence electrons. The maximum Gasteiger partial charge on any atom is 0.397 e. The Labute approximate surface area is 102 Å². The molecule has 0 aromatic rings. The molecule has 0 radical (unpaired) electrons. The average molecular weight is 267 g/mol. The maximum absolute atomic E-state index is 12.2. The summed E-state index contributed by atoms with van der Waals surface area (Å²) in [7, 11) is 0. The van der Waals surface area contributed by atoms with Crippen LogP contribution < -0.4 is 11.1 Å². The molecule has 1 saturated heterocycles.